The Hall–Kier alpha value is -3.04. The molecular weight excluding hydrogens is 466 g/mol. The van der Waals surface area contributed by atoms with Gasteiger partial charge in [0.05, 0.1) is 6.04 Å². The Morgan fingerprint density at radius 3 is 2.29 bits per heavy atom. The molecule has 0 unspecified atom stereocenters. The molecule has 0 bridgehead atoms. The Labute approximate surface area is 201 Å². The molecule has 1 aliphatic heterocycles. The van der Waals surface area contributed by atoms with Gasteiger partial charge in [-0.05, 0) is 69.7 Å². The summed E-state index contributed by atoms with van der Waals surface area (Å²) in [6.07, 6.45) is -2.60. The molecule has 10 heteroatoms. The molecule has 0 saturated carbocycles. The van der Waals surface area contributed by atoms with Crippen LogP contribution in [0.1, 0.15) is 58.8 Å². The van der Waals surface area contributed by atoms with Crippen molar-refractivity contribution in [3.63, 3.8) is 0 Å². The predicted molar refractivity (Wildman–Crippen MR) is 121 cm³/mol. The molecule has 6 nitrogen and oxygen atoms in total. The molecule has 1 saturated heterocycles. The number of carbonyl (C=O) groups is 2. The molecule has 3 rings (SSSR count). The summed E-state index contributed by atoms with van der Waals surface area (Å²) in [5, 5.41) is 0. The monoisotopic (exact) mass is 495 g/mol. The number of halogens is 4. The molecule has 1 aromatic heterocycles. The highest BCUT2D eigenvalue weighted by atomic mass is 19.4. The lowest BCUT2D eigenvalue weighted by Gasteiger charge is -2.31. The summed E-state index contributed by atoms with van der Waals surface area (Å²) in [6, 6.07) is 3.24. The van der Waals surface area contributed by atoms with Gasteiger partial charge in [-0.15, -0.1) is 0 Å². The molecule has 3 atom stereocenters. The number of hydrogen-bond acceptors (Lipinski definition) is 5. The van der Waals surface area contributed by atoms with Gasteiger partial charge in [0, 0.05) is 30.4 Å². The van der Waals surface area contributed by atoms with E-state index < -0.39 is 35.6 Å². The zero-order valence-electron chi connectivity index (χ0n) is 20.3. The number of ether oxygens (including phenoxy) is 1. The molecule has 0 N–H and O–H groups in total. The molecule has 1 aromatic carbocycles. The molecule has 0 spiro atoms. The minimum atomic E-state index is -4.66. The van der Waals surface area contributed by atoms with Gasteiger partial charge in [-0.3, -0.25) is 9.69 Å². The Morgan fingerprint density at radius 1 is 1.09 bits per heavy atom. The topological polar surface area (TPSA) is 72.4 Å². The summed E-state index contributed by atoms with van der Waals surface area (Å²) in [7, 11) is 0. The number of likely N-dealkylation sites (tertiary alicyclic amines) is 1. The van der Waals surface area contributed by atoms with Gasteiger partial charge in [-0.2, -0.15) is 13.2 Å². The number of Topliss-reactive ketones (excluding diaryl/α,β-unsaturated/α-hetero) is 1. The first-order chi connectivity index (χ1) is 16.2. The van der Waals surface area contributed by atoms with Crippen molar-refractivity contribution in [1.82, 2.24) is 14.9 Å². The lowest BCUT2D eigenvalue weighted by atomic mass is 9.97. The fourth-order valence-electron chi connectivity index (χ4n) is 4.11. The number of aryl methyl sites for hydroxylation is 1. The van der Waals surface area contributed by atoms with Crippen molar-refractivity contribution in [3.05, 3.63) is 47.8 Å². The van der Waals surface area contributed by atoms with Crippen LogP contribution < -0.4 is 0 Å². The highest BCUT2D eigenvalue weighted by Gasteiger charge is 2.44. The van der Waals surface area contributed by atoms with E-state index in [2.05, 4.69) is 9.97 Å². The normalized spacial score (nSPS) is 20.7. The van der Waals surface area contributed by atoms with E-state index in [1.54, 1.807) is 20.8 Å². The van der Waals surface area contributed by atoms with Gasteiger partial charge in [0.1, 0.15) is 11.4 Å². The average molecular weight is 496 g/mol. The number of nitrogens with zero attached hydrogens (tertiary/aromatic N) is 3. The fourth-order valence-corrected chi connectivity index (χ4v) is 4.11. The summed E-state index contributed by atoms with van der Waals surface area (Å²) in [5.41, 5.74) is 0.252. The van der Waals surface area contributed by atoms with E-state index in [0.29, 0.717) is 17.5 Å². The van der Waals surface area contributed by atoms with Crippen LogP contribution >= 0.6 is 0 Å². The van der Waals surface area contributed by atoms with E-state index >= 15 is 0 Å². The van der Waals surface area contributed by atoms with Crippen LogP contribution in [0.25, 0.3) is 11.1 Å². The van der Waals surface area contributed by atoms with E-state index in [0.717, 1.165) is 12.4 Å². The van der Waals surface area contributed by atoms with Crippen LogP contribution in [0.2, 0.25) is 0 Å². The first-order valence-electron chi connectivity index (χ1n) is 11.4. The fraction of sp³-hybridized carbons (Fsp3) is 0.520. The van der Waals surface area contributed by atoms with Gasteiger partial charge < -0.3 is 4.74 Å². The highest BCUT2D eigenvalue weighted by molar-refractivity contribution is 5.88. The minimum Gasteiger partial charge on any atom is -0.444 e. The van der Waals surface area contributed by atoms with E-state index in [-0.39, 0.29) is 36.1 Å². The first-order valence-corrected chi connectivity index (χ1v) is 11.4. The van der Waals surface area contributed by atoms with Gasteiger partial charge in [-0.25, -0.2) is 19.2 Å². The average Bonchev–Trinajstić information content (AvgIpc) is 3.06. The van der Waals surface area contributed by atoms with Crippen LogP contribution in [0.15, 0.2) is 30.6 Å². The number of aromatic nitrogens is 2. The van der Waals surface area contributed by atoms with E-state index in [4.69, 9.17) is 4.74 Å². The Kier molecular flexibility index (Phi) is 7.52. The van der Waals surface area contributed by atoms with Crippen LogP contribution in [-0.4, -0.2) is 44.4 Å². The number of hydrogen-bond donors (Lipinski definition) is 0. The smallest absolute Gasteiger partial charge is 0.444 e. The Balaban J connectivity index is 1.74. The maximum atomic E-state index is 14.5. The predicted octanol–water partition coefficient (Wildman–Crippen LogP) is 5.84. The second kappa shape index (κ2) is 9.91. The number of carbonyl (C=O) groups excluding carboxylic acids is 2. The van der Waals surface area contributed by atoms with Crippen LogP contribution in [0.4, 0.5) is 22.4 Å². The zero-order chi connectivity index (χ0) is 26.1. The SMILES string of the molecule is C[C@H]1C[C@@H](C(=O)CCc2cc(-c3cnc(C(F)(F)F)nc3)ccc2F)N(C(=O)OC(C)(C)C)[C@H]1C. The molecule has 2 heterocycles. The molecule has 35 heavy (non-hydrogen) atoms. The van der Waals surface area contributed by atoms with Gasteiger partial charge in [0.15, 0.2) is 5.78 Å². The molecule has 0 aliphatic carbocycles. The van der Waals surface area contributed by atoms with Gasteiger partial charge >= 0.3 is 12.3 Å². The summed E-state index contributed by atoms with van der Waals surface area (Å²) in [5.74, 6) is -1.90. The molecule has 1 fully saturated rings. The quantitative estimate of drug-likeness (QED) is 0.488. The molecule has 0 radical (unpaired) electrons. The summed E-state index contributed by atoms with van der Waals surface area (Å²) in [4.78, 5) is 34.0. The summed E-state index contributed by atoms with van der Waals surface area (Å²) < 4.78 is 58.1. The third-order valence-electron chi connectivity index (χ3n) is 6.09. The largest absolute Gasteiger partial charge is 0.451 e. The lowest BCUT2D eigenvalue weighted by molar-refractivity contribution is -0.145. The zero-order valence-corrected chi connectivity index (χ0v) is 20.3. The maximum absolute atomic E-state index is 14.5. The molecule has 190 valence electrons. The minimum absolute atomic E-state index is 0.00666. The number of alkyl halides is 3. The van der Waals surface area contributed by atoms with Crippen molar-refractivity contribution >= 4 is 11.9 Å². The van der Waals surface area contributed by atoms with Gasteiger partial charge in [0.2, 0.25) is 5.82 Å². The molecule has 1 amide bonds. The van der Waals surface area contributed by atoms with Gasteiger partial charge in [0.25, 0.3) is 0 Å². The standard InChI is InChI=1S/C25H29F4N3O3/c1-14-10-20(32(15(14)2)23(34)35-24(3,4)5)21(33)9-7-17-11-16(6-8-19(17)26)18-12-30-22(31-13-18)25(27,28)29/h6,8,11-15,20H,7,9-10H2,1-5H3/t14-,15-,20-/m0/s1. The second-order valence-corrected chi connectivity index (χ2v) is 9.92. The summed E-state index contributed by atoms with van der Waals surface area (Å²) in [6.45, 7) is 9.10. The maximum Gasteiger partial charge on any atom is 0.451 e. The van der Waals surface area contributed by atoms with Crippen molar-refractivity contribution in [3.8, 4) is 11.1 Å². The third-order valence-corrected chi connectivity index (χ3v) is 6.09. The second-order valence-electron chi connectivity index (χ2n) is 9.92. The van der Waals surface area contributed by atoms with Crippen molar-refractivity contribution < 1.29 is 31.9 Å². The number of benzene rings is 1. The van der Waals surface area contributed by atoms with Crippen LogP contribution in [0.5, 0.6) is 0 Å². The third kappa shape index (κ3) is 6.35. The lowest BCUT2D eigenvalue weighted by Crippen LogP contribution is -2.46. The Bertz CT molecular complexity index is 1080. The Morgan fingerprint density at radius 2 is 1.71 bits per heavy atom. The molecule has 2 aromatic rings. The number of ketones is 1. The van der Waals surface area contributed by atoms with Crippen LogP contribution in [-0.2, 0) is 22.1 Å². The van der Waals surface area contributed by atoms with Crippen molar-refractivity contribution in [2.45, 2.75) is 77.7 Å². The van der Waals surface area contributed by atoms with E-state index in [1.165, 1.54) is 23.1 Å². The van der Waals surface area contributed by atoms with Crippen LogP contribution in [0, 0.1) is 11.7 Å². The highest BCUT2D eigenvalue weighted by Crippen LogP contribution is 2.33. The first kappa shape index (κ1) is 26.6. The van der Waals surface area contributed by atoms with E-state index in [1.807, 2.05) is 13.8 Å². The van der Waals surface area contributed by atoms with E-state index in [9.17, 15) is 27.2 Å². The van der Waals surface area contributed by atoms with Gasteiger partial charge in [-0.1, -0.05) is 13.0 Å². The van der Waals surface area contributed by atoms with Crippen molar-refractivity contribution in [1.29, 1.82) is 0 Å². The van der Waals surface area contributed by atoms with Crippen LogP contribution in [0.3, 0.4) is 0 Å². The molecule has 1 aliphatic rings. The number of amides is 1. The molecular formula is C25H29F4N3O3. The van der Waals surface area contributed by atoms with Crippen molar-refractivity contribution in [2.75, 3.05) is 0 Å². The summed E-state index contributed by atoms with van der Waals surface area (Å²) >= 11 is 0. The van der Waals surface area contributed by atoms with Crippen molar-refractivity contribution in [2.24, 2.45) is 5.92 Å². The number of rotatable bonds is 5.